The van der Waals surface area contributed by atoms with Crippen molar-refractivity contribution in [1.82, 2.24) is 21.5 Å². The smallest absolute Gasteiger partial charge is 0.295 e. The second-order valence-electron chi connectivity index (χ2n) is 24.6. The van der Waals surface area contributed by atoms with Gasteiger partial charge in [0, 0.05) is 58.3 Å². The summed E-state index contributed by atoms with van der Waals surface area (Å²) < 4.78 is 151. The summed E-state index contributed by atoms with van der Waals surface area (Å²) in [4.78, 5) is 27.2. The Morgan fingerprint density at radius 1 is 0.393 bits per heavy atom. The zero-order valence-electron chi connectivity index (χ0n) is 59.5. The number of aromatic hydroxyl groups is 4. The summed E-state index contributed by atoms with van der Waals surface area (Å²) in [7, 11) is -20.0. The number of nitrogens with zero attached hydrogens (tertiary/aromatic N) is 4. The molecule has 0 aliphatic carbocycles. The van der Waals surface area contributed by atoms with Crippen LogP contribution in [0.25, 0.3) is 45.8 Å². The van der Waals surface area contributed by atoms with Gasteiger partial charge in [0.15, 0.2) is 20.4 Å². The van der Waals surface area contributed by atoms with Crippen LogP contribution in [0.4, 0.5) is 34.1 Å². The molecule has 0 heterocycles. The number of thiocarbonyl (C=S) groups is 4. The topological polar surface area (TPSA) is 469 Å². The van der Waals surface area contributed by atoms with Gasteiger partial charge < -0.3 is 66.9 Å². The highest BCUT2D eigenvalue weighted by Gasteiger charge is 2.26. The van der Waals surface area contributed by atoms with Gasteiger partial charge >= 0.3 is 0 Å². The van der Waals surface area contributed by atoms with E-state index in [0.717, 1.165) is 58.2 Å². The van der Waals surface area contributed by atoms with Gasteiger partial charge in [-0.25, -0.2) is 10.9 Å². The zero-order chi connectivity index (χ0) is 84.8. The number of fused-ring (bicyclic) bond motifs is 2. The van der Waals surface area contributed by atoms with Crippen LogP contribution in [0.15, 0.2) is 218 Å². The van der Waals surface area contributed by atoms with Crippen molar-refractivity contribution < 1.29 is 86.6 Å². The molecule has 0 spiro atoms. The van der Waals surface area contributed by atoms with Crippen LogP contribution in [0, 0.1) is 0 Å². The van der Waals surface area contributed by atoms with E-state index >= 15 is 0 Å². The summed E-state index contributed by atoms with van der Waals surface area (Å²) in [6.07, 6.45) is 7.02. The van der Waals surface area contributed by atoms with E-state index in [-0.39, 0.29) is 144 Å². The van der Waals surface area contributed by atoms with Gasteiger partial charge in [-0.15, -0.1) is 0 Å². The van der Waals surface area contributed by atoms with Crippen molar-refractivity contribution in [1.29, 1.82) is 0 Å². The standard InChI is InChI=1S/C74H62Br4N12O19S8/c75-57-31-49(67(93)65(77)69(57)95)37-81-87-63(91)39-89(55-23-17-41-5-1-3-7-47(41)29-55)73(112)85-53-21-15-45(61(35-53)116(103,104)105)11-9-43-13-19-51(33-59(43)114(97,98)99)83-71(110)79-25-27-109-28-26-80-72(111)84-52-20-14-44(60(34-52)115(100,101)102)10-12-46-16-22-54(36-62(46)117(106,107)108)86-74(113)90(56-24-18-42-6-2-4-8-48(42)30-56)40-64(92)88-82-38-50-32-58(76)70(96)66(78)68(50)94/h1-24,29-38,93-96H,25-28,39-40H2,(H,85,112)(H,86,113)(H,87,91)(H,88,92)(H2,79,83,110)(H2,80,84,111)(H,97,98,99)(H,100,101,102)(H,103,104,105)(H,106,107,108)/b11-9+,12-10+,81-37-,82-38-. The number of halogens is 4. The van der Waals surface area contributed by atoms with Gasteiger partial charge in [-0.2, -0.15) is 43.9 Å². The Morgan fingerprint density at radius 2 is 0.701 bits per heavy atom. The maximum Gasteiger partial charge on any atom is 0.295 e. The number of nitrogens with one attached hydrogen (secondary N) is 8. The molecule has 0 saturated heterocycles. The van der Waals surface area contributed by atoms with Crippen LogP contribution < -0.4 is 52.6 Å². The van der Waals surface area contributed by atoms with E-state index in [1.165, 1.54) is 94.8 Å². The minimum absolute atomic E-state index is 0.00655. The summed E-state index contributed by atoms with van der Waals surface area (Å²) in [6.45, 7) is -0.521. The molecular formula is C74H62Br4N12O19S8. The third-order valence-corrected chi connectivity index (χ3v) is 24.0. The summed E-state index contributed by atoms with van der Waals surface area (Å²) in [5, 5.41) is 69.3. The molecular weight excluding hydrogens is 1940 g/mol. The Labute approximate surface area is 723 Å². The molecule has 2 amide bonds. The Balaban J connectivity index is 0.710. The number of carbonyl (C=O) groups is 2. The van der Waals surface area contributed by atoms with E-state index in [0.29, 0.717) is 11.4 Å². The number of amides is 2. The van der Waals surface area contributed by atoms with Crippen LogP contribution in [0.1, 0.15) is 33.4 Å². The molecule has 10 aromatic rings. The lowest BCUT2D eigenvalue weighted by Gasteiger charge is -2.25. The van der Waals surface area contributed by atoms with E-state index in [4.69, 9.17) is 53.6 Å². The summed E-state index contributed by atoms with van der Waals surface area (Å²) >= 11 is 34.9. The molecule has 0 aliphatic rings. The highest BCUT2D eigenvalue weighted by atomic mass is 79.9. The Morgan fingerprint density at radius 3 is 1.02 bits per heavy atom. The zero-order valence-corrected chi connectivity index (χ0v) is 72.4. The van der Waals surface area contributed by atoms with Gasteiger partial charge in [-0.3, -0.25) is 27.8 Å². The molecule has 117 heavy (non-hydrogen) atoms. The minimum atomic E-state index is -5.02. The monoisotopic (exact) mass is 1990 g/mol. The van der Waals surface area contributed by atoms with Gasteiger partial charge in [0.1, 0.15) is 64.6 Å². The third kappa shape index (κ3) is 24.1. The van der Waals surface area contributed by atoms with E-state index < -0.39 is 85.0 Å². The number of hydrogen-bond donors (Lipinski definition) is 16. The first-order valence-electron chi connectivity index (χ1n) is 33.4. The number of phenolic OH excluding ortho intramolecular Hbond substituents is 4. The van der Waals surface area contributed by atoms with Gasteiger partial charge in [0.2, 0.25) is 0 Å². The molecule has 0 aliphatic heterocycles. The third-order valence-electron chi connectivity index (χ3n) is 16.5. The molecule has 0 saturated carbocycles. The molecule has 0 radical (unpaired) electrons. The van der Waals surface area contributed by atoms with Crippen molar-refractivity contribution in [2.24, 2.45) is 10.2 Å². The van der Waals surface area contributed by atoms with Crippen LogP contribution in [0.2, 0.25) is 0 Å². The predicted octanol–water partition coefficient (Wildman–Crippen LogP) is 13.2. The number of hydrogen-bond acceptors (Lipinski definition) is 21. The number of carbonyl (C=O) groups excluding carboxylic acids is 2. The van der Waals surface area contributed by atoms with Gasteiger partial charge in [0.05, 0.1) is 34.6 Å². The van der Waals surface area contributed by atoms with E-state index in [1.807, 2.05) is 48.5 Å². The van der Waals surface area contributed by atoms with Crippen LogP contribution >= 0.6 is 113 Å². The molecule has 608 valence electrons. The lowest BCUT2D eigenvalue weighted by atomic mass is 10.1. The van der Waals surface area contributed by atoms with Gasteiger partial charge in [-0.1, -0.05) is 109 Å². The lowest BCUT2D eigenvalue weighted by Crippen LogP contribution is -2.41. The van der Waals surface area contributed by atoms with Crippen molar-refractivity contribution in [2.45, 2.75) is 19.6 Å². The number of benzene rings is 10. The maximum atomic E-state index is 13.5. The molecule has 0 bridgehead atoms. The molecule has 0 atom stereocenters. The average molecular weight is 2000 g/mol. The quantitative estimate of drug-likeness (QED) is 0.00541. The number of rotatable bonds is 28. The predicted molar refractivity (Wildman–Crippen MR) is 479 cm³/mol. The van der Waals surface area contributed by atoms with Crippen molar-refractivity contribution in [3.63, 3.8) is 0 Å². The second kappa shape index (κ2) is 39.0. The van der Waals surface area contributed by atoms with Gasteiger partial charge in [0.25, 0.3) is 52.3 Å². The first-order chi connectivity index (χ1) is 55.3. The average Bonchev–Trinajstić information content (AvgIpc) is 0.785. The molecule has 0 unspecified atom stereocenters. The van der Waals surface area contributed by atoms with Crippen LogP contribution in [-0.2, 0) is 54.8 Å². The first kappa shape index (κ1) is 89.3. The maximum absolute atomic E-state index is 13.5. The number of ether oxygens (including phenoxy) is 1. The minimum Gasteiger partial charge on any atom is -0.506 e. The summed E-state index contributed by atoms with van der Waals surface area (Å²) in [5.74, 6) is -2.61. The fourth-order valence-electron chi connectivity index (χ4n) is 10.9. The summed E-state index contributed by atoms with van der Waals surface area (Å²) in [6, 6.07) is 43.0. The first-order valence-corrected chi connectivity index (χ1v) is 43.9. The number of anilines is 6. The van der Waals surface area contributed by atoms with Crippen molar-refractivity contribution >= 4 is 278 Å². The van der Waals surface area contributed by atoms with Crippen LogP contribution in [0.3, 0.4) is 0 Å². The Hall–Kier alpha value is -10.0. The van der Waals surface area contributed by atoms with Crippen molar-refractivity contribution in [3.05, 3.63) is 221 Å². The Kier molecular flexibility index (Phi) is 29.8. The molecule has 0 fully saturated rings. The molecule has 10 aromatic carbocycles. The van der Waals surface area contributed by atoms with Crippen LogP contribution in [-0.4, -0.2) is 156 Å². The fraction of sp³-hybridized carbons (Fsp3) is 0.0811. The van der Waals surface area contributed by atoms with Gasteiger partial charge in [-0.05, 0) is 241 Å². The van der Waals surface area contributed by atoms with E-state index in [9.17, 15) is 81.9 Å². The highest BCUT2D eigenvalue weighted by molar-refractivity contribution is 9.11. The van der Waals surface area contributed by atoms with E-state index in [1.54, 1.807) is 36.4 Å². The molecule has 16 N–H and O–H groups in total. The molecule has 43 heteroatoms. The molecule has 0 aromatic heterocycles. The number of hydrazone groups is 2. The fourth-order valence-corrected chi connectivity index (χ4v) is 17.1. The van der Waals surface area contributed by atoms with Crippen molar-refractivity contribution in [3.8, 4) is 23.0 Å². The highest BCUT2D eigenvalue weighted by Crippen LogP contribution is 2.42. The molecule has 10 rings (SSSR count). The Bertz CT molecular complexity index is 5900. The number of phenols is 4. The SMILES string of the molecule is O=C(CN(C(=S)Nc1ccc(/C=C/c2ccc(NC(=S)NCCOCCNC(=S)Nc3ccc(/C=C/c4ccc(NC(=S)N(CC(=O)N/N=C\c5cc(Br)c(O)c(Br)c5O)c5ccc6ccccc6c5)cc4S(=O)(=O)O)c(S(=O)(=O)O)c3)cc2S(=O)(=O)O)c(S(=O)(=O)O)c1)c1ccc2ccccc2c1)N/N=C\c1cc(Br)c(O)c(Br)c1O. The largest absolute Gasteiger partial charge is 0.506 e. The lowest BCUT2D eigenvalue weighted by molar-refractivity contribution is -0.120. The summed E-state index contributed by atoms with van der Waals surface area (Å²) in [5.41, 5.74) is 5.63. The molecule has 31 nitrogen and oxygen atoms in total. The van der Waals surface area contributed by atoms with Crippen LogP contribution in [0.5, 0.6) is 23.0 Å². The normalized spacial score (nSPS) is 12.0. The second-order valence-corrected chi connectivity index (χ2v) is 35.0. The van der Waals surface area contributed by atoms with Crippen molar-refractivity contribution in [2.75, 3.05) is 70.5 Å². The van der Waals surface area contributed by atoms with E-state index in [2.05, 4.69) is 117 Å².